The Morgan fingerprint density at radius 3 is 2.24 bits per heavy atom. The van der Waals surface area contributed by atoms with Crippen LogP contribution in [0.3, 0.4) is 0 Å². The van der Waals surface area contributed by atoms with Crippen LogP contribution >= 0.6 is 0 Å². The number of ether oxygens (including phenoxy) is 5. The standard InChI is InChI=1S/C27H26O7/c28-22-24(33-25(29)19-12-6-2-7-13-19)23-21(17-31-26(34-23)20-14-8-3-9-15-20)32-27(22)30-16-18-10-4-1-5-11-18/h1-15,21-24,26-28H,16-17H2/t21-,22-,23+,24-,26+,27-/m1/s1. The van der Waals surface area contributed by atoms with E-state index in [1.807, 2.05) is 66.7 Å². The van der Waals surface area contributed by atoms with Crippen molar-refractivity contribution in [1.29, 1.82) is 0 Å². The molecule has 7 nitrogen and oxygen atoms in total. The molecule has 2 fully saturated rings. The average Bonchev–Trinajstić information content (AvgIpc) is 2.90. The zero-order valence-electron chi connectivity index (χ0n) is 18.4. The van der Waals surface area contributed by atoms with Gasteiger partial charge < -0.3 is 28.8 Å². The fourth-order valence-corrected chi connectivity index (χ4v) is 4.13. The molecule has 2 aliphatic rings. The summed E-state index contributed by atoms with van der Waals surface area (Å²) in [6.45, 7) is 0.426. The van der Waals surface area contributed by atoms with E-state index in [1.165, 1.54) is 0 Å². The van der Waals surface area contributed by atoms with Gasteiger partial charge in [-0.05, 0) is 17.7 Å². The molecule has 0 radical (unpaired) electrons. The molecule has 2 aliphatic heterocycles. The van der Waals surface area contributed by atoms with E-state index in [0.717, 1.165) is 11.1 Å². The molecule has 2 saturated heterocycles. The van der Waals surface area contributed by atoms with Crippen LogP contribution in [0.25, 0.3) is 0 Å². The topological polar surface area (TPSA) is 83.5 Å². The van der Waals surface area contributed by atoms with Crippen LogP contribution in [-0.4, -0.2) is 48.4 Å². The lowest BCUT2D eigenvalue weighted by Gasteiger charge is -2.47. The monoisotopic (exact) mass is 462 g/mol. The molecule has 0 saturated carbocycles. The van der Waals surface area contributed by atoms with Gasteiger partial charge in [0.2, 0.25) is 0 Å². The molecule has 0 aliphatic carbocycles. The molecule has 7 heteroatoms. The highest BCUT2D eigenvalue weighted by Crippen LogP contribution is 2.36. The quantitative estimate of drug-likeness (QED) is 0.560. The van der Waals surface area contributed by atoms with Crippen LogP contribution in [0.4, 0.5) is 0 Å². The Labute approximate surface area is 197 Å². The minimum Gasteiger partial charge on any atom is -0.453 e. The van der Waals surface area contributed by atoms with Crippen molar-refractivity contribution in [3.8, 4) is 0 Å². The molecule has 0 unspecified atom stereocenters. The molecular weight excluding hydrogens is 436 g/mol. The molecule has 0 spiro atoms. The Hall–Kier alpha value is -3.07. The predicted octanol–water partition coefficient (Wildman–Crippen LogP) is 3.63. The van der Waals surface area contributed by atoms with Gasteiger partial charge in [0.05, 0.1) is 18.8 Å². The number of benzene rings is 3. The van der Waals surface area contributed by atoms with Crippen molar-refractivity contribution in [2.75, 3.05) is 6.61 Å². The fourth-order valence-electron chi connectivity index (χ4n) is 4.13. The maximum atomic E-state index is 12.9. The van der Waals surface area contributed by atoms with E-state index in [0.29, 0.717) is 5.56 Å². The molecule has 0 bridgehead atoms. The number of rotatable bonds is 6. The number of hydrogen-bond donors (Lipinski definition) is 1. The second kappa shape index (κ2) is 10.5. The third kappa shape index (κ3) is 5.04. The lowest BCUT2D eigenvalue weighted by Crippen LogP contribution is -2.63. The smallest absolute Gasteiger partial charge is 0.338 e. The summed E-state index contributed by atoms with van der Waals surface area (Å²) in [5.41, 5.74) is 2.13. The molecule has 3 aromatic rings. The highest BCUT2D eigenvalue weighted by atomic mass is 16.8. The summed E-state index contributed by atoms with van der Waals surface area (Å²) in [5, 5.41) is 11.2. The number of aliphatic hydroxyl groups is 1. The fraction of sp³-hybridized carbons (Fsp3) is 0.296. The molecule has 3 aromatic carbocycles. The lowest BCUT2D eigenvalue weighted by molar-refractivity contribution is -0.362. The lowest BCUT2D eigenvalue weighted by atomic mass is 9.97. The number of aliphatic hydroxyl groups excluding tert-OH is 1. The number of fused-ring (bicyclic) bond motifs is 1. The van der Waals surface area contributed by atoms with Gasteiger partial charge in [-0.1, -0.05) is 78.9 Å². The summed E-state index contributed by atoms with van der Waals surface area (Å²) in [6, 6.07) is 27.7. The first-order chi connectivity index (χ1) is 16.7. The normalized spacial score (nSPS) is 28.6. The molecule has 1 N–H and O–H groups in total. The first-order valence-corrected chi connectivity index (χ1v) is 11.3. The highest BCUT2D eigenvalue weighted by Gasteiger charge is 2.52. The minimum absolute atomic E-state index is 0.196. The van der Waals surface area contributed by atoms with E-state index in [9.17, 15) is 9.90 Å². The van der Waals surface area contributed by atoms with Crippen molar-refractivity contribution < 1.29 is 33.6 Å². The Bertz CT molecular complexity index is 1060. The second-order valence-corrected chi connectivity index (χ2v) is 8.24. The van der Waals surface area contributed by atoms with Gasteiger partial charge in [-0.25, -0.2) is 4.79 Å². The average molecular weight is 462 g/mol. The molecule has 34 heavy (non-hydrogen) atoms. The van der Waals surface area contributed by atoms with E-state index in [2.05, 4.69) is 0 Å². The molecule has 0 aromatic heterocycles. The van der Waals surface area contributed by atoms with Crippen LogP contribution in [0.2, 0.25) is 0 Å². The van der Waals surface area contributed by atoms with Gasteiger partial charge in [-0.15, -0.1) is 0 Å². The van der Waals surface area contributed by atoms with Crippen LogP contribution in [0.1, 0.15) is 27.8 Å². The largest absolute Gasteiger partial charge is 0.453 e. The minimum atomic E-state index is -1.26. The van der Waals surface area contributed by atoms with E-state index in [4.69, 9.17) is 23.7 Å². The summed E-state index contributed by atoms with van der Waals surface area (Å²) in [5.74, 6) is -0.557. The Kier molecular flexibility index (Phi) is 6.99. The van der Waals surface area contributed by atoms with Crippen molar-refractivity contribution in [2.24, 2.45) is 0 Å². The summed E-state index contributed by atoms with van der Waals surface area (Å²) in [6.07, 6.45) is -5.28. The Morgan fingerprint density at radius 1 is 0.882 bits per heavy atom. The predicted molar refractivity (Wildman–Crippen MR) is 122 cm³/mol. The zero-order chi connectivity index (χ0) is 23.3. The van der Waals surface area contributed by atoms with Crippen molar-refractivity contribution in [3.63, 3.8) is 0 Å². The summed E-state index contributed by atoms with van der Waals surface area (Å²) in [7, 11) is 0. The number of carbonyl (C=O) groups excluding carboxylic acids is 1. The van der Waals surface area contributed by atoms with Crippen molar-refractivity contribution in [2.45, 2.75) is 43.6 Å². The molecular formula is C27H26O7. The van der Waals surface area contributed by atoms with Crippen LogP contribution in [0, 0.1) is 0 Å². The number of esters is 1. The maximum absolute atomic E-state index is 12.9. The SMILES string of the molecule is O=C(O[C@@H]1[C@@H](O)[C@H](OCc2ccccc2)O[C@@H]2CO[C@H](c3ccccc3)O[C@H]12)c1ccccc1. The molecule has 5 rings (SSSR count). The Balaban J connectivity index is 1.36. The molecule has 0 amide bonds. The maximum Gasteiger partial charge on any atom is 0.338 e. The van der Waals surface area contributed by atoms with Gasteiger partial charge in [-0.3, -0.25) is 0 Å². The van der Waals surface area contributed by atoms with Crippen LogP contribution in [0.5, 0.6) is 0 Å². The molecule has 176 valence electrons. The molecule has 6 atom stereocenters. The van der Waals surface area contributed by atoms with Gasteiger partial charge in [0.1, 0.15) is 18.3 Å². The summed E-state index contributed by atoms with van der Waals surface area (Å²) >= 11 is 0. The van der Waals surface area contributed by atoms with E-state index in [1.54, 1.807) is 24.3 Å². The third-order valence-electron chi connectivity index (χ3n) is 5.89. The zero-order valence-corrected chi connectivity index (χ0v) is 18.4. The van der Waals surface area contributed by atoms with E-state index >= 15 is 0 Å². The van der Waals surface area contributed by atoms with Crippen molar-refractivity contribution in [1.82, 2.24) is 0 Å². The van der Waals surface area contributed by atoms with Gasteiger partial charge in [0, 0.05) is 5.56 Å². The van der Waals surface area contributed by atoms with Gasteiger partial charge in [0.25, 0.3) is 0 Å². The first kappa shape index (κ1) is 22.7. The van der Waals surface area contributed by atoms with Crippen molar-refractivity contribution in [3.05, 3.63) is 108 Å². The third-order valence-corrected chi connectivity index (χ3v) is 5.89. The van der Waals surface area contributed by atoms with E-state index < -0.39 is 43.0 Å². The van der Waals surface area contributed by atoms with Gasteiger partial charge in [-0.2, -0.15) is 0 Å². The summed E-state index contributed by atoms with van der Waals surface area (Å²) in [4.78, 5) is 12.9. The first-order valence-electron chi connectivity index (χ1n) is 11.3. The van der Waals surface area contributed by atoms with Crippen LogP contribution in [0.15, 0.2) is 91.0 Å². The Morgan fingerprint density at radius 2 is 1.53 bits per heavy atom. The van der Waals surface area contributed by atoms with Gasteiger partial charge in [0.15, 0.2) is 18.7 Å². The van der Waals surface area contributed by atoms with Crippen molar-refractivity contribution >= 4 is 5.97 Å². The number of hydrogen-bond acceptors (Lipinski definition) is 7. The number of carbonyl (C=O) groups is 1. The van der Waals surface area contributed by atoms with Crippen LogP contribution < -0.4 is 0 Å². The highest BCUT2D eigenvalue weighted by molar-refractivity contribution is 5.89. The van der Waals surface area contributed by atoms with E-state index in [-0.39, 0.29) is 13.2 Å². The summed E-state index contributed by atoms with van der Waals surface area (Å²) < 4.78 is 29.8. The second-order valence-electron chi connectivity index (χ2n) is 8.24. The van der Waals surface area contributed by atoms with Gasteiger partial charge >= 0.3 is 5.97 Å². The van der Waals surface area contributed by atoms with Crippen LogP contribution in [-0.2, 0) is 30.3 Å². The molecule has 2 heterocycles.